The number of thiocarbonyl (C=S) groups is 1. The molecule has 3 rings (SSSR count). The third-order valence-corrected chi connectivity index (χ3v) is 4.56. The van der Waals surface area contributed by atoms with Crippen LogP contribution in [0.2, 0.25) is 0 Å². The minimum atomic E-state index is -0.0174. The first-order chi connectivity index (χ1) is 8.27. The lowest BCUT2D eigenvalue weighted by Crippen LogP contribution is -2.32. The Morgan fingerprint density at radius 3 is 2.82 bits per heavy atom. The number of hydrogen-bond acceptors (Lipinski definition) is 3. The fourth-order valence-corrected chi connectivity index (χ4v) is 3.75. The molecule has 0 bridgehead atoms. The van der Waals surface area contributed by atoms with E-state index in [4.69, 9.17) is 12.2 Å². The molecule has 2 saturated heterocycles. The predicted octanol–water partition coefficient (Wildman–Crippen LogP) is 1.69. The third-order valence-electron chi connectivity index (χ3n) is 3.09. The maximum absolute atomic E-state index is 12.2. The minimum Gasteiger partial charge on any atom is -0.327 e. The molecule has 17 heavy (non-hydrogen) atoms. The Kier molecular flexibility index (Phi) is 2.80. The van der Waals surface area contributed by atoms with Gasteiger partial charge in [0.2, 0.25) is 0 Å². The second-order valence-electron chi connectivity index (χ2n) is 4.18. The zero-order chi connectivity index (χ0) is 11.8. The summed E-state index contributed by atoms with van der Waals surface area (Å²) in [5.74, 6) is 1.87. The van der Waals surface area contributed by atoms with Gasteiger partial charge in [0.15, 0.2) is 5.11 Å². The van der Waals surface area contributed by atoms with Crippen molar-refractivity contribution < 1.29 is 4.79 Å². The van der Waals surface area contributed by atoms with Gasteiger partial charge in [-0.3, -0.25) is 9.69 Å². The maximum Gasteiger partial charge on any atom is 0.252 e. The summed E-state index contributed by atoms with van der Waals surface area (Å²) in [5, 5.41) is 0.689. The minimum absolute atomic E-state index is 0.0174. The summed E-state index contributed by atoms with van der Waals surface area (Å²) in [6.07, 6.45) is 0. The SMILES string of the molecule is O=C1C2CSCN2C(=S)N1Cc1ccccc1. The molecule has 1 aromatic carbocycles. The fraction of sp³-hybridized carbons (Fsp3) is 0.333. The highest BCUT2D eigenvalue weighted by Crippen LogP contribution is 2.30. The van der Waals surface area contributed by atoms with Crippen LogP contribution in [0.5, 0.6) is 0 Å². The largest absolute Gasteiger partial charge is 0.327 e. The van der Waals surface area contributed by atoms with Gasteiger partial charge in [-0.15, -0.1) is 11.8 Å². The van der Waals surface area contributed by atoms with Crippen molar-refractivity contribution in [2.45, 2.75) is 12.6 Å². The molecule has 0 aromatic heterocycles. The van der Waals surface area contributed by atoms with Crippen molar-refractivity contribution in [3.8, 4) is 0 Å². The molecular weight excluding hydrogens is 252 g/mol. The van der Waals surface area contributed by atoms with E-state index < -0.39 is 0 Å². The van der Waals surface area contributed by atoms with Crippen LogP contribution in [-0.2, 0) is 11.3 Å². The quantitative estimate of drug-likeness (QED) is 0.759. The number of rotatable bonds is 2. The van der Waals surface area contributed by atoms with Gasteiger partial charge >= 0.3 is 0 Å². The van der Waals surface area contributed by atoms with Crippen LogP contribution in [0.3, 0.4) is 0 Å². The lowest BCUT2D eigenvalue weighted by Gasteiger charge is -2.18. The monoisotopic (exact) mass is 264 g/mol. The number of carbonyl (C=O) groups excluding carboxylic acids is 1. The molecule has 2 fully saturated rings. The number of thioether (sulfide) groups is 1. The normalized spacial score (nSPS) is 23.4. The van der Waals surface area contributed by atoms with Gasteiger partial charge < -0.3 is 4.90 Å². The molecule has 2 aliphatic heterocycles. The van der Waals surface area contributed by atoms with Gasteiger partial charge in [-0.1, -0.05) is 30.3 Å². The van der Waals surface area contributed by atoms with Crippen LogP contribution in [0, 0.1) is 0 Å². The zero-order valence-corrected chi connectivity index (χ0v) is 10.8. The van der Waals surface area contributed by atoms with Gasteiger partial charge in [0.05, 0.1) is 12.4 Å². The summed E-state index contributed by atoms with van der Waals surface area (Å²) in [7, 11) is 0. The second kappa shape index (κ2) is 4.31. The Morgan fingerprint density at radius 2 is 2.12 bits per heavy atom. The molecule has 5 heteroatoms. The lowest BCUT2D eigenvalue weighted by molar-refractivity contribution is -0.127. The standard InChI is InChI=1S/C12H12N2OS2/c15-11-10-7-17-8-14(10)12(16)13(11)6-9-4-2-1-3-5-9/h1-5,10H,6-8H2. The van der Waals surface area contributed by atoms with E-state index in [0.29, 0.717) is 11.7 Å². The van der Waals surface area contributed by atoms with Crippen molar-refractivity contribution in [3.63, 3.8) is 0 Å². The van der Waals surface area contributed by atoms with E-state index in [1.807, 2.05) is 35.2 Å². The first-order valence-electron chi connectivity index (χ1n) is 5.51. The Hall–Kier alpha value is -1.07. The van der Waals surface area contributed by atoms with Crippen molar-refractivity contribution in [2.75, 3.05) is 11.6 Å². The number of benzene rings is 1. The molecule has 1 unspecified atom stereocenters. The number of hydrogen-bond donors (Lipinski definition) is 0. The van der Waals surface area contributed by atoms with Crippen LogP contribution in [-0.4, -0.2) is 38.5 Å². The van der Waals surface area contributed by atoms with E-state index in [-0.39, 0.29) is 11.9 Å². The molecule has 1 amide bonds. The van der Waals surface area contributed by atoms with E-state index in [1.165, 1.54) is 0 Å². The predicted molar refractivity (Wildman–Crippen MR) is 72.5 cm³/mol. The van der Waals surface area contributed by atoms with E-state index in [1.54, 1.807) is 16.7 Å². The van der Waals surface area contributed by atoms with Crippen molar-refractivity contribution in [3.05, 3.63) is 35.9 Å². The van der Waals surface area contributed by atoms with Gasteiger partial charge in [-0.05, 0) is 17.8 Å². The van der Waals surface area contributed by atoms with Crippen LogP contribution in [0.4, 0.5) is 0 Å². The van der Waals surface area contributed by atoms with Crippen molar-refractivity contribution in [2.24, 2.45) is 0 Å². The van der Waals surface area contributed by atoms with Crippen molar-refractivity contribution >= 4 is 35.0 Å². The van der Waals surface area contributed by atoms with E-state index >= 15 is 0 Å². The Balaban J connectivity index is 1.81. The highest BCUT2D eigenvalue weighted by atomic mass is 32.2. The molecule has 0 saturated carbocycles. The zero-order valence-electron chi connectivity index (χ0n) is 9.20. The summed E-state index contributed by atoms with van der Waals surface area (Å²) >= 11 is 7.14. The number of nitrogens with zero attached hydrogens (tertiary/aromatic N) is 2. The van der Waals surface area contributed by atoms with Gasteiger partial charge in [0.25, 0.3) is 5.91 Å². The van der Waals surface area contributed by atoms with Crippen molar-refractivity contribution in [1.82, 2.24) is 9.80 Å². The summed E-state index contributed by atoms with van der Waals surface area (Å²) in [6, 6.07) is 9.97. The van der Waals surface area contributed by atoms with Gasteiger partial charge in [-0.2, -0.15) is 0 Å². The Bertz CT molecular complexity index is 441. The molecular formula is C12H12N2OS2. The second-order valence-corrected chi connectivity index (χ2v) is 5.54. The molecule has 0 N–H and O–H groups in total. The van der Waals surface area contributed by atoms with Crippen molar-refractivity contribution in [1.29, 1.82) is 0 Å². The van der Waals surface area contributed by atoms with Crippen LogP contribution >= 0.6 is 24.0 Å². The van der Waals surface area contributed by atoms with Crippen LogP contribution in [0.25, 0.3) is 0 Å². The fourth-order valence-electron chi connectivity index (χ4n) is 2.18. The molecule has 1 aromatic rings. The van der Waals surface area contributed by atoms with Gasteiger partial charge in [0.1, 0.15) is 6.04 Å². The van der Waals surface area contributed by atoms with E-state index in [9.17, 15) is 4.79 Å². The smallest absolute Gasteiger partial charge is 0.252 e. The topological polar surface area (TPSA) is 23.6 Å². The summed E-state index contributed by atoms with van der Waals surface area (Å²) in [5.41, 5.74) is 1.12. The molecule has 88 valence electrons. The average Bonchev–Trinajstić information content (AvgIpc) is 2.91. The summed E-state index contributed by atoms with van der Waals surface area (Å²) in [6.45, 7) is 0.593. The highest BCUT2D eigenvalue weighted by Gasteiger charge is 2.44. The highest BCUT2D eigenvalue weighted by molar-refractivity contribution is 7.99. The number of fused-ring (bicyclic) bond motifs is 1. The molecule has 1 atom stereocenters. The summed E-state index contributed by atoms with van der Waals surface area (Å²) < 4.78 is 0. The van der Waals surface area contributed by atoms with E-state index in [0.717, 1.165) is 17.2 Å². The number of carbonyl (C=O) groups is 1. The summed E-state index contributed by atoms with van der Waals surface area (Å²) in [4.78, 5) is 15.9. The van der Waals surface area contributed by atoms with Crippen LogP contribution < -0.4 is 0 Å². The first-order valence-corrected chi connectivity index (χ1v) is 7.07. The molecule has 0 spiro atoms. The molecule has 3 nitrogen and oxygen atoms in total. The Labute approximate surface area is 110 Å². The average molecular weight is 264 g/mol. The van der Waals surface area contributed by atoms with Crippen LogP contribution in [0.15, 0.2) is 30.3 Å². The molecule has 2 aliphatic rings. The third kappa shape index (κ3) is 1.83. The maximum atomic E-state index is 12.2. The van der Waals surface area contributed by atoms with Gasteiger partial charge in [-0.25, -0.2) is 0 Å². The molecule has 2 heterocycles. The first kappa shape index (κ1) is 11.0. The van der Waals surface area contributed by atoms with E-state index in [2.05, 4.69) is 0 Å². The lowest BCUT2D eigenvalue weighted by atomic mass is 10.2. The van der Waals surface area contributed by atoms with Gasteiger partial charge in [0, 0.05) is 5.75 Å². The number of amides is 1. The Morgan fingerprint density at radius 1 is 1.35 bits per heavy atom. The molecule has 0 aliphatic carbocycles. The van der Waals surface area contributed by atoms with Crippen LogP contribution in [0.1, 0.15) is 5.56 Å². The molecule has 0 radical (unpaired) electrons.